The van der Waals surface area contributed by atoms with E-state index in [0.29, 0.717) is 6.54 Å². The Balaban J connectivity index is 1.96. The normalized spacial score (nSPS) is 10.9. The van der Waals surface area contributed by atoms with Crippen molar-refractivity contribution in [3.63, 3.8) is 0 Å². The van der Waals surface area contributed by atoms with E-state index in [4.69, 9.17) is 9.15 Å². The first-order valence-electron chi connectivity index (χ1n) is 7.16. The van der Waals surface area contributed by atoms with Gasteiger partial charge in [0.15, 0.2) is 0 Å². The van der Waals surface area contributed by atoms with Crippen LogP contribution >= 0.6 is 11.8 Å². The molecule has 0 saturated carbocycles. The molecule has 0 amide bonds. The largest absolute Gasteiger partial charge is 0.491 e. The molecular formula is C17H23NO2S. The highest BCUT2D eigenvalue weighted by atomic mass is 32.2. The molecule has 0 radical (unpaired) electrons. The fourth-order valence-corrected chi connectivity index (χ4v) is 2.54. The van der Waals surface area contributed by atoms with Crippen molar-refractivity contribution in [2.24, 2.45) is 0 Å². The number of rotatable bonds is 7. The predicted molar refractivity (Wildman–Crippen MR) is 90.2 cm³/mol. The van der Waals surface area contributed by atoms with Crippen molar-refractivity contribution in [3.05, 3.63) is 47.4 Å². The van der Waals surface area contributed by atoms with Crippen LogP contribution in [-0.2, 0) is 12.3 Å². The number of anilines is 1. The monoisotopic (exact) mass is 305 g/mol. The molecule has 2 aromatic rings. The minimum absolute atomic E-state index is 0.196. The standard InChI is InChI=1S/C17H23NO2S/c1-12(2)19-14-7-8-17(13(3)9-14)18-10-15-5-6-16(20-15)11-21-4/h5-9,12,18H,10-11H2,1-4H3. The second-order valence-corrected chi connectivity index (χ2v) is 6.16. The van der Waals surface area contributed by atoms with E-state index in [9.17, 15) is 0 Å². The molecule has 0 aliphatic carbocycles. The van der Waals surface area contributed by atoms with E-state index >= 15 is 0 Å². The number of thioether (sulfide) groups is 1. The topological polar surface area (TPSA) is 34.4 Å². The Bertz CT molecular complexity index is 578. The summed E-state index contributed by atoms with van der Waals surface area (Å²) in [5, 5.41) is 3.41. The van der Waals surface area contributed by atoms with Gasteiger partial charge in [-0.15, -0.1) is 0 Å². The van der Waals surface area contributed by atoms with Crippen LogP contribution in [0, 0.1) is 6.92 Å². The Hall–Kier alpha value is -1.55. The first kappa shape index (κ1) is 15.8. The molecule has 3 nitrogen and oxygen atoms in total. The van der Waals surface area contributed by atoms with Crippen LogP contribution in [0.1, 0.15) is 30.9 Å². The highest BCUT2D eigenvalue weighted by molar-refractivity contribution is 7.97. The quantitative estimate of drug-likeness (QED) is 0.793. The predicted octanol–water partition coefficient (Wildman–Crippen LogP) is 4.85. The van der Waals surface area contributed by atoms with Gasteiger partial charge >= 0.3 is 0 Å². The number of furan rings is 1. The highest BCUT2D eigenvalue weighted by Gasteiger charge is 2.05. The van der Waals surface area contributed by atoms with Crippen molar-refractivity contribution in [3.8, 4) is 5.75 Å². The Morgan fingerprint density at radius 2 is 1.95 bits per heavy atom. The summed E-state index contributed by atoms with van der Waals surface area (Å²) < 4.78 is 11.4. The van der Waals surface area contributed by atoms with Crippen LogP contribution in [0.25, 0.3) is 0 Å². The third kappa shape index (κ3) is 4.74. The van der Waals surface area contributed by atoms with E-state index in [-0.39, 0.29) is 6.10 Å². The molecule has 21 heavy (non-hydrogen) atoms. The van der Waals surface area contributed by atoms with Crippen molar-refractivity contribution in [2.45, 2.75) is 39.2 Å². The molecule has 2 rings (SSSR count). The molecule has 0 bridgehead atoms. The van der Waals surface area contributed by atoms with Gasteiger partial charge in [-0.25, -0.2) is 0 Å². The molecule has 1 N–H and O–H groups in total. The fourth-order valence-electron chi connectivity index (χ4n) is 2.10. The summed E-state index contributed by atoms with van der Waals surface area (Å²) in [5.74, 6) is 3.81. The van der Waals surface area contributed by atoms with Gasteiger partial charge in [-0.1, -0.05) is 0 Å². The number of ether oxygens (including phenoxy) is 1. The van der Waals surface area contributed by atoms with Gasteiger partial charge in [-0.2, -0.15) is 11.8 Å². The Morgan fingerprint density at radius 1 is 1.19 bits per heavy atom. The van der Waals surface area contributed by atoms with Crippen molar-refractivity contribution in [1.82, 2.24) is 0 Å². The molecule has 0 aliphatic rings. The SMILES string of the molecule is CSCc1ccc(CNc2ccc(OC(C)C)cc2C)o1. The molecule has 1 aromatic heterocycles. The fraction of sp³-hybridized carbons (Fsp3) is 0.412. The molecule has 1 heterocycles. The van der Waals surface area contributed by atoms with Gasteiger partial charge in [-0.05, 0) is 62.9 Å². The third-order valence-electron chi connectivity index (χ3n) is 3.03. The lowest BCUT2D eigenvalue weighted by molar-refractivity contribution is 0.242. The van der Waals surface area contributed by atoms with Gasteiger partial charge in [0.2, 0.25) is 0 Å². The Labute approximate surface area is 131 Å². The second kappa shape index (κ2) is 7.46. The van der Waals surface area contributed by atoms with Crippen LogP contribution in [0.15, 0.2) is 34.7 Å². The zero-order valence-corrected chi connectivity index (χ0v) is 13.9. The number of benzene rings is 1. The van der Waals surface area contributed by atoms with Gasteiger partial charge in [-0.3, -0.25) is 0 Å². The maximum Gasteiger partial charge on any atom is 0.123 e. The average molecular weight is 305 g/mol. The summed E-state index contributed by atoms with van der Waals surface area (Å²) in [4.78, 5) is 0. The maximum absolute atomic E-state index is 5.75. The summed E-state index contributed by atoms with van der Waals surface area (Å²) in [6, 6.07) is 10.2. The first-order chi connectivity index (χ1) is 10.1. The van der Waals surface area contributed by atoms with Crippen LogP contribution in [0.5, 0.6) is 5.75 Å². The lowest BCUT2D eigenvalue weighted by Gasteiger charge is -2.13. The van der Waals surface area contributed by atoms with Gasteiger partial charge in [0.25, 0.3) is 0 Å². The Morgan fingerprint density at radius 3 is 2.62 bits per heavy atom. The van der Waals surface area contributed by atoms with Crippen LogP contribution in [-0.4, -0.2) is 12.4 Å². The molecule has 4 heteroatoms. The van der Waals surface area contributed by atoms with Gasteiger partial charge in [0.1, 0.15) is 17.3 Å². The number of nitrogens with one attached hydrogen (secondary N) is 1. The van der Waals surface area contributed by atoms with Crippen LogP contribution in [0.3, 0.4) is 0 Å². The zero-order chi connectivity index (χ0) is 15.2. The molecule has 0 unspecified atom stereocenters. The van der Waals surface area contributed by atoms with Crippen LogP contribution in [0.4, 0.5) is 5.69 Å². The third-order valence-corrected chi connectivity index (χ3v) is 3.60. The molecule has 114 valence electrons. The summed E-state index contributed by atoms with van der Waals surface area (Å²) in [5.41, 5.74) is 2.28. The number of hydrogen-bond acceptors (Lipinski definition) is 4. The second-order valence-electron chi connectivity index (χ2n) is 5.30. The molecule has 0 aliphatic heterocycles. The van der Waals surface area contributed by atoms with E-state index < -0.39 is 0 Å². The van der Waals surface area contributed by atoms with Gasteiger partial charge < -0.3 is 14.5 Å². The van der Waals surface area contributed by atoms with Crippen LogP contribution in [0.2, 0.25) is 0 Å². The van der Waals surface area contributed by atoms with Crippen molar-refractivity contribution >= 4 is 17.4 Å². The smallest absolute Gasteiger partial charge is 0.123 e. The summed E-state index contributed by atoms with van der Waals surface area (Å²) >= 11 is 1.76. The number of hydrogen-bond donors (Lipinski definition) is 1. The molecule has 1 aromatic carbocycles. The summed E-state index contributed by atoms with van der Waals surface area (Å²) in [6.07, 6.45) is 2.27. The molecule has 0 fully saturated rings. The average Bonchev–Trinajstić information content (AvgIpc) is 2.85. The van der Waals surface area contributed by atoms with E-state index in [1.807, 2.05) is 32.0 Å². The lowest BCUT2D eigenvalue weighted by Crippen LogP contribution is -2.06. The van der Waals surface area contributed by atoms with E-state index in [1.54, 1.807) is 11.8 Å². The number of aryl methyl sites for hydroxylation is 1. The molecule has 0 saturated heterocycles. The maximum atomic E-state index is 5.75. The summed E-state index contributed by atoms with van der Waals surface area (Å²) in [7, 11) is 0. The van der Waals surface area contributed by atoms with Crippen molar-refractivity contribution < 1.29 is 9.15 Å². The minimum atomic E-state index is 0.196. The molecular weight excluding hydrogens is 282 g/mol. The van der Waals surface area contributed by atoms with Crippen molar-refractivity contribution in [2.75, 3.05) is 11.6 Å². The Kier molecular flexibility index (Phi) is 5.62. The highest BCUT2D eigenvalue weighted by Crippen LogP contribution is 2.23. The van der Waals surface area contributed by atoms with E-state index in [0.717, 1.165) is 28.7 Å². The van der Waals surface area contributed by atoms with Crippen molar-refractivity contribution in [1.29, 1.82) is 0 Å². The van der Waals surface area contributed by atoms with E-state index in [1.165, 1.54) is 5.56 Å². The lowest BCUT2D eigenvalue weighted by atomic mass is 10.2. The van der Waals surface area contributed by atoms with Crippen LogP contribution < -0.4 is 10.1 Å². The van der Waals surface area contributed by atoms with Gasteiger partial charge in [0, 0.05) is 5.69 Å². The van der Waals surface area contributed by atoms with Gasteiger partial charge in [0.05, 0.1) is 18.4 Å². The van der Waals surface area contributed by atoms with E-state index in [2.05, 4.69) is 30.6 Å². The minimum Gasteiger partial charge on any atom is -0.491 e. The first-order valence-corrected chi connectivity index (χ1v) is 8.55. The molecule has 0 spiro atoms. The summed E-state index contributed by atoms with van der Waals surface area (Å²) in [6.45, 7) is 6.84. The zero-order valence-electron chi connectivity index (χ0n) is 13.1. The molecule has 0 atom stereocenters.